The molecule has 0 spiro atoms. The Bertz CT molecular complexity index is 830. The number of carbonyl (C=O) groups excluding carboxylic acids is 2. The van der Waals surface area contributed by atoms with Crippen LogP contribution in [0.2, 0.25) is 0 Å². The van der Waals surface area contributed by atoms with E-state index in [0.717, 1.165) is 16.0 Å². The zero-order chi connectivity index (χ0) is 18.0. The van der Waals surface area contributed by atoms with E-state index in [2.05, 4.69) is 5.32 Å². The third kappa shape index (κ3) is 3.71. The van der Waals surface area contributed by atoms with Crippen LogP contribution in [0.25, 0.3) is 0 Å². The van der Waals surface area contributed by atoms with Gasteiger partial charge in [0.2, 0.25) is 5.91 Å². The van der Waals surface area contributed by atoms with Gasteiger partial charge >= 0.3 is 5.97 Å². The Balaban J connectivity index is 1.82. The van der Waals surface area contributed by atoms with E-state index in [1.54, 1.807) is 12.1 Å². The molecule has 0 fully saturated rings. The van der Waals surface area contributed by atoms with Crippen LogP contribution >= 0.6 is 11.3 Å². The number of carbonyl (C=O) groups is 3. The largest absolute Gasteiger partial charge is 0.480 e. The minimum atomic E-state index is -1.00. The van der Waals surface area contributed by atoms with Gasteiger partial charge in [-0.2, -0.15) is 0 Å². The molecule has 6 nitrogen and oxygen atoms in total. The maximum Gasteiger partial charge on any atom is 0.326 e. The number of benzene rings is 1. The van der Waals surface area contributed by atoms with E-state index in [1.165, 1.54) is 23.2 Å². The van der Waals surface area contributed by atoms with Crippen molar-refractivity contribution in [1.29, 1.82) is 0 Å². The van der Waals surface area contributed by atoms with Crippen LogP contribution in [0.3, 0.4) is 0 Å². The van der Waals surface area contributed by atoms with Crippen LogP contribution in [-0.4, -0.2) is 33.8 Å². The van der Waals surface area contributed by atoms with Crippen molar-refractivity contribution in [2.24, 2.45) is 0 Å². The number of nitrogens with zero attached hydrogens (tertiary/aromatic N) is 1. The lowest BCUT2D eigenvalue weighted by atomic mass is 9.94. The first-order chi connectivity index (χ1) is 12.0. The lowest BCUT2D eigenvalue weighted by Crippen LogP contribution is -2.48. The second-order valence-corrected chi connectivity index (χ2v) is 7.10. The third-order valence-corrected chi connectivity index (χ3v) is 5.25. The van der Waals surface area contributed by atoms with Gasteiger partial charge in [-0.25, -0.2) is 4.79 Å². The molecule has 0 radical (unpaired) electrons. The molecule has 7 heteroatoms. The second kappa shape index (κ2) is 7.06. The van der Waals surface area contributed by atoms with E-state index in [0.29, 0.717) is 17.8 Å². The van der Waals surface area contributed by atoms with Gasteiger partial charge in [-0.1, -0.05) is 24.3 Å². The SMILES string of the molecule is CC(=O)NCc1ccc(C(=O)N2Cc3ccccc3CC2C(=O)O)s1. The Hall–Kier alpha value is -2.67. The molecule has 1 aliphatic rings. The quantitative estimate of drug-likeness (QED) is 0.876. The molecular weight excluding hydrogens is 340 g/mol. The van der Waals surface area contributed by atoms with Crippen LogP contribution in [0.1, 0.15) is 32.6 Å². The van der Waals surface area contributed by atoms with E-state index < -0.39 is 12.0 Å². The van der Waals surface area contributed by atoms with Crippen molar-refractivity contribution < 1.29 is 19.5 Å². The molecule has 1 unspecified atom stereocenters. The Labute approximate surface area is 149 Å². The van der Waals surface area contributed by atoms with Crippen LogP contribution < -0.4 is 5.32 Å². The molecule has 0 bridgehead atoms. The standard InChI is InChI=1S/C18H18N2O4S/c1-11(21)19-9-14-6-7-16(25-14)17(22)20-10-13-5-3-2-4-12(13)8-15(20)18(23)24/h2-7,15H,8-10H2,1H3,(H,19,21)(H,23,24). The number of carboxylic acids is 1. The molecule has 1 aliphatic heterocycles. The molecule has 1 aromatic heterocycles. The highest BCUT2D eigenvalue weighted by Gasteiger charge is 2.35. The van der Waals surface area contributed by atoms with Crippen molar-refractivity contribution >= 4 is 29.1 Å². The summed E-state index contributed by atoms with van der Waals surface area (Å²) in [5.74, 6) is -1.43. The number of amides is 2. The molecule has 1 atom stereocenters. The summed E-state index contributed by atoms with van der Waals surface area (Å²) in [6, 6.07) is 10.2. The van der Waals surface area contributed by atoms with Gasteiger partial charge in [0.15, 0.2) is 0 Å². The fourth-order valence-corrected chi connectivity index (χ4v) is 3.80. The van der Waals surface area contributed by atoms with Crippen LogP contribution in [0.4, 0.5) is 0 Å². The Morgan fingerprint density at radius 1 is 1.20 bits per heavy atom. The summed E-state index contributed by atoms with van der Waals surface area (Å²) in [7, 11) is 0. The van der Waals surface area contributed by atoms with Crippen molar-refractivity contribution in [3.05, 3.63) is 57.3 Å². The predicted molar refractivity (Wildman–Crippen MR) is 93.3 cm³/mol. The summed E-state index contributed by atoms with van der Waals surface area (Å²) in [6.45, 7) is 2.08. The number of rotatable bonds is 4. The molecular formula is C18H18N2O4S. The first-order valence-corrected chi connectivity index (χ1v) is 8.71. The maximum atomic E-state index is 12.9. The predicted octanol–water partition coefficient (Wildman–Crippen LogP) is 2.04. The first-order valence-electron chi connectivity index (χ1n) is 7.89. The highest BCUT2D eigenvalue weighted by atomic mass is 32.1. The molecule has 130 valence electrons. The summed E-state index contributed by atoms with van der Waals surface area (Å²) in [5, 5.41) is 12.2. The average molecular weight is 358 g/mol. The van der Waals surface area contributed by atoms with Crippen LogP contribution in [0.15, 0.2) is 36.4 Å². The van der Waals surface area contributed by atoms with Gasteiger partial charge < -0.3 is 15.3 Å². The van der Waals surface area contributed by atoms with Crippen molar-refractivity contribution in [2.75, 3.05) is 0 Å². The lowest BCUT2D eigenvalue weighted by molar-refractivity contribution is -0.142. The molecule has 25 heavy (non-hydrogen) atoms. The fourth-order valence-electron chi connectivity index (χ4n) is 2.90. The van der Waals surface area contributed by atoms with Gasteiger partial charge in [-0.3, -0.25) is 9.59 Å². The average Bonchev–Trinajstić information content (AvgIpc) is 3.07. The van der Waals surface area contributed by atoms with Crippen LogP contribution in [0, 0.1) is 0 Å². The Kier molecular flexibility index (Phi) is 4.85. The molecule has 2 heterocycles. The Morgan fingerprint density at radius 3 is 2.60 bits per heavy atom. The lowest BCUT2D eigenvalue weighted by Gasteiger charge is -2.34. The Morgan fingerprint density at radius 2 is 1.92 bits per heavy atom. The summed E-state index contributed by atoms with van der Waals surface area (Å²) in [5.41, 5.74) is 1.94. The normalized spacial score (nSPS) is 16.2. The van der Waals surface area contributed by atoms with Gasteiger partial charge in [0.25, 0.3) is 5.91 Å². The zero-order valence-electron chi connectivity index (χ0n) is 13.7. The zero-order valence-corrected chi connectivity index (χ0v) is 14.5. The van der Waals surface area contributed by atoms with Crippen molar-refractivity contribution in [3.8, 4) is 0 Å². The number of hydrogen-bond donors (Lipinski definition) is 2. The number of aliphatic carboxylic acids is 1. The van der Waals surface area contributed by atoms with Crippen LogP contribution in [0.5, 0.6) is 0 Å². The van der Waals surface area contributed by atoms with Crippen molar-refractivity contribution in [3.63, 3.8) is 0 Å². The molecule has 0 aliphatic carbocycles. The minimum Gasteiger partial charge on any atom is -0.480 e. The van der Waals surface area contributed by atoms with E-state index in [-0.39, 0.29) is 18.4 Å². The summed E-state index contributed by atoms with van der Waals surface area (Å²) in [4.78, 5) is 38.3. The molecule has 2 aromatic rings. The van der Waals surface area contributed by atoms with Gasteiger partial charge in [0, 0.05) is 24.8 Å². The first kappa shape index (κ1) is 17.2. The van der Waals surface area contributed by atoms with Gasteiger partial charge in [0.1, 0.15) is 6.04 Å². The molecule has 2 N–H and O–H groups in total. The van der Waals surface area contributed by atoms with Gasteiger partial charge in [-0.15, -0.1) is 11.3 Å². The molecule has 3 rings (SSSR count). The van der Waals surface area contributed by atoms with E-state index >= 15 is 0 Å². The molecule has 0 saturated carbocycles. The summed E-state index contributed by atoms with van der Waals surface area (Å²) < 4.78 is 0. The number of hydrogen-bond acceptors (Lipinski definition) is 4. The van der Waals surface area contributed by atoms with E-state index in [1.807, 2.05) is 24.3 Å². The number of carboxylic acid groups (broad SMARTS) is 1. The highest BCUT2D eigenvalue weighted by molar-refractivity contribution is 7.14. The number of thiophene rings is 1. The monoisotopic (exact) mass is 358 g/mol. The number of fused-ring (bicyclic) bond motifs is 1. The topological polar surface area (TPSA) is 86.7 Å². The van der Waals surface area contributed by atoms with Crippen molar-refractivity contribution in [2.45, 2.75) is 32.5 Å². The van der Waals surface area contributed by atoms with Gasteiger partial charge in [-0.05, 0) is 23.3 Å². The maximum absolute atomic E-state index is 12.9. The molecule has 0 saturated heterocycles. The summed E-state index contributed by atoms with van der Waals surface area (Å²) in [6.07, 6.45) is 0.307. The minimum absolute atomic E-state index is 0.139. The van der Waals surface area contributed by atoms with Gasteiger partial charge in [0.05, 0.1) is 11.4 Å². The molecule has 1 aromatic carbocycles. The van der Waals surface area contributed by atoms with Crippen molar-refractivity contribution in [1.82, 2.24) is 10.2 Å². The second-order valence-electron chi connectivity index (χ2n) is 5.94. The summed E-state index contributed by atoms with van der Waals surface area (Å²) >= 11 is 1.27. The smallest absolute Gasteiger partial charge is 0.326 e. The molecule has 2 amide bonds. The fraction of sp³-hybridized carbons (Fsp3) is 0.278. The van der Waals surface area contributed by atoms with E-state index in [9.17, 15) is 19.5 Å². The highest BCUT2D eigenvalue weighted by Crippen LogP contribution is 2.27. The third-order valence-electron chi connectivity index (χ3n) is 4.18. The van der Waals surface area contributed by atoms with Crippen LogP contribution in [-0.2, 0) is 29.1 Å². The number of nitrogens with one attached hydrogen (secondary N) is 1. The van der Waals surface area contributed by atoms with E-state index in [4.69, 9.17) is 0 Å².